The lowest BCUT2D eigenvalue weighted by molar-refractivity contribution is 0.885. The molecule has 23 heavy (non-hydrogen) atoms. The molecule has 0 unspecified atom stereocenters. The van der Waals surface area contributed by atoms with Crippen molar-refractivity contribution < 1.29 is 0 Å². The summed E-state index contributed by atoms with van der Waals surface area (Å²) in [6, 6.07) is 17.8. The number of nitroso groups, excluding NO2 is 1. The maximum absolute atomic E-state index is 10.7. The molecule has 1 aromatic heterocycles. The zero-order chi connectivity index (χ0) is 16.1. The van der Waals surface area contributed by atoms with Gasteiger partial charge in [-0.1, -0.05) is 42.5 Å². The minimum atomic E-state index is 0.557. The molecule has 0 aliphatic rings. The van der Waals surface area contributed by atoms with Gasteiger partial charge in [0.2, 0.25) is 0 Å². The van der Waals surface area contributed by atoms with E-state index in [0.29, 0.717) is 6.54 Å². The van der Waals surface area contributed by atoms with Gasteiger partial charge in [-0.3, -0.25) is 4.98 Å². The van der Waals surface area contributed by atoms with Crippen molar-refractivity contribution in [2.45, 2.75) is 6.92 Å². The van der Waals surface area contributed by atoms with Gasteiger partial charge < -0.3 is 0 Å². The number of hydrogen-bond donors (Lipinski definition) is 0. The minimum absolute atomic E-state index is 0.557. The third-order valence-electron chi connectivity index (χ3n) is 3.73. The fourth-order valence-corrected chi connectivity index (χ4v) is 2.49. The van der Waals surface area contributed by atoms with Crippen LogP contribution < -0.4 is 5.01 Å². The average molecular weight is 303 g/mol. The van der Waals surface area contributed by atoms with Crippen molar-refractivity contribution in [3.8, 4) is 0 Å². The topological polar surface area (TPSA) is 45.6 Å². The van der Waals surface area contributed by atoms with Crippen LogP contribution in [0.2, 0.25) is 0 Å². The van der Waals surface area contributed by atoms with Crippen molar-refractivity contribution in [2.75, 3.05) is 11.6 Å². The van der Waals surface area contributed by atoms with Crippen LogP contribution in [0.4, 0.5) is 5.69 Å². The fraction of sp³-hybridized carbons (Fsp3) is 0.105. The number of hydrogen-bond acceptors (Lipinski definition) is 3. The lowest BCUT2D eigenvalue weighted by Gasteiger charge is -2.12. The predicted molar refractivity (Wildman–Crippen MR) is 95.9 cm³/mol. The van der Waals surface area contributed by atoms with Crippen molar-refractivity contribution >= 4 is 28.7 Å². The van der Waals surface area contributed by atoms with Gasteiger partial charge in [-0.15, -0.1) is 4.91 Å². The minimum Gasteiger partial charge on any atom is -0.256 e. The Kier molecular flexibility index (Phi) is 4.43. The Labute approximate surface area is 135 Å². The van der Waals surface area contributed by atoms with Gasteiger partial charge in [0.25, 0.3) is 0 Å². The largest absolute Gasteiger partial charge is 0.256 e. The van der Waals surface area contributed by atoms with Crippen molar-refractivity contribution in [3.05, 3.63) is 76.8 Å². The van der Waals surface area contributed by atoms with Crippen molar-refractivity contribution in [1.82, 2.24) is 4.98 Å². The second-order valence-electron chi connectivity index (χ2n) is 5.14. The molecule has 0 aliphatic carbocycles. The van der Waals surface area contributed by atoms with Crippen LogP contribution in [0.1, 0.15) is 18.1 Å². The van der Waals surface area contributed by atoms with E-state index in [-0.39, 0.29) is 0 Å². The van der Waals surface area contributed by atoms with Crippen LogP contribution in [0.5, 0.6) is 0 Å². The second-order valence-corrected chi connectivity index (χ2v) is 5.14. The molecule has 0 amide bonds. The molecule has 3 rings (SSSR count). The third-order valence-corrected chi connectivity index (χ3v) is 3.73. The van der Waals surface area contributed by atoms with E-state index in [4.69, 9.17) is 0 Å². The smallest absolute Gasteiger partial charge is 0.0707 e. The Morgan fingerprint density at radius 1 is 1.04 bits per heavy atom. The number of para-hydroxylation sites is 1. The van der Waals surface area contributed by atoms with E-state index in [9.17, 15) is 4.91 Å². The van der Waals surface area contributed by atoms with Gasteiger partial charge in [-0.25, -0.2) is 5.01 Å². The lowest BCUT2D eigenvalue weighted by atomic mass is 10.1. The second kappa shape index (κ2) is 6.83. The summed E-state index contributed by atoms with van der Waals surface area (Å²) < 4.78 is 0. The van der Waals surface area contributed by atoms with Gasteiger partial charge in [0.15, 0.2) is 0 Å². The number of nitrogens with zero attached hydrogens (tertiary/aromatic N) is 3. The molecular weight excluding hydrogens is 286 g/mol. The van der Waals surface area contributed by atoms with E-state index in [1.54, 1.807) is 0 Å². The van der Waals surface area contributed by atoms with Crippen LogP contribution in [0.15, 0.2) is 66.1 Å². The summed E-state index contributed by atoms with van der Waals surface area (Å²) in [7, 11) is 0. The lowest BCUT2D eigenvalue weighted by Crippen LogP contribution is -2.13. The summed E-state index contributed by atoms with van der Waals surface area (Å²) in [6.07, 6.45) is 5.95. The Morgan fingerprint density at radius 3 is 2.57 bits per heavy atom. The molecule has 4 nitrogen and oxygen atoms in total. The summed E-state index contributed by atoms with van der Waals surface area (Å²) in [5.74, 6) is 0. The summed E-state index contributed by atoms with van der Waals surface area (Å²) in [5, 5.41) is 5.54. The average Bonchev–Trinajstić information content (AvgIpc) is 2.62. The molecule has 2 aromatic carbocycles. The highest BCUT2D eigenvalue weighted by Gasteiger charge is 2.02. The molecule has 0 bridgehead atoms. The van der Waals surface area contributed by atoms with E-state index in [1.165, 1.54) is 5.01 Å². The molecule has 0 N–H and O–H groups in total. The maximum atomic E-state index is 10.7. The molecule has 0 saturated carbocycles. The number of pyridine rings is 1. The van der Waals surface area contributed by atoms with Gasteiger partial charge in [0.1, 0.15) is 0 Å². The fourth-order valence-electron chi connectivity index (χ4n) is 2.49. The molecule has 114 valence electrons. The van der Waals surface area contributed by atoms with Gasteiger partial charge in [-0.2, -0.15) is 0 Å². The number of anilines is 1. The number of rotatable bonds is 5. The summed E-state index contributed by atoms with van der Waals surface area (Å²) in [5.41, 5.74) is 3.98. The standard InChI is InChI=1S/C19H17N3O/c1-2-22(21-23)17-11-8-15(9-12-17)7-10-16-13-14-20-19-6-4-3-5-18(16)19/h3-14H,2H2,1H3/b10-7+. The highest BCUT2D eigenvalue weighted by molar-refractivity contribution is 5.90. The predicted octanol–water partition coefficient (Wildman–Crippen LogP) is 4.91. The SMILES string of the molecule is CCN(N=O)c1ccc(/C=C/c2ccnc3ccccc23)cc1. The van der Waals surface area contributed by atoms with E-state index in [2.05, 4.69) is 28.5 Å². The van der Waals surface area contributed by atoms with Crippen LogP contribution in [-0.2, 0) is 0 Å². The molecule has 1 heterocycles. The van der Waals surface area contributed by atoms with Crippen LogP contribution in [0.25, 0.3) is 23.1 Å². The Balaban J connectivity index is 1.86. The number of fused-ring (bicyclic) bond motifs is 1. The highest BCUT2D eigenvalue weighted by atomic mass is 16.3. The highest BCUT2D eigenvalue weighted by Crippen LogP contribution is 2.20. The molecule has 0 spiro atoms. The quantitative estimate of drug-likeness (QED) is 0.497. The molecule has 0 radical (unpaired) electrons. The Hall–Kier alpha value is -3.01. The molecule has 0 fully saturated rings. The van der Waals surface area contributed by atoms with Crippen molar-refractivity contribution in [1.29, 1.82) is 0 Å². The van der Waals surface area contributed by atoms with E-state index in [1.807, 2.05) is 61.7 Å². The van der Waals surface area contributed by atoms with Gasteiger partial charge in [0, 0.05) is 18.1 Å². The Morgan fingerprint density at radius 2 is 1.83 bits per heavy atom. The van der Waals surface area contributed by atoms with E-state index < -0.39 is 0 Å². The first-order chi connectivity index (χ1) is 11.3. The molecule has 0 aliphatic heterocycles. The molecule has 3 aromatic rings. The van der Waals surface area contributed by atoms with Crippen LogP contribution in [0.3, 0.4) is 0 Å². The van der Waals surface area contributed by atoms with Gasteiger partial charge >= 0.3 is 0 Å². The van der Waals surface area contributed by atoms with Crippen molar-refractivity contribution in [2.24, 2.45) is 5.29 Å². The normalized spacial score (nSPS) is 11.0. The summed E-state index contributed by atoms with van der Waals surface area (Å²) >= 11 is 0. The Bertz CT molecular complexity index is 835. The first-order valence-corrected chi connectivity index (χ1v) is 7.54. The molecular formula is C19H17N3O. The number of aromatic nitrogens is 1. The molecule has 0 atom stereocenters. The summed E-state index contributed by atoms with van der Waals surface area (Å²) in [4.78, 5) is 15.1. The maximum Gasteiger partial charge on any atom is 0.0707 e. The third kappa shape index (κ3) is 3.26. The van der Waals surface area contributed by atoms with Crippen LogP contribution in [-0.4, -0.2) is 11.5 Å². The van der Waals surface area contributed by atoms with Crippen LogP contribution in [0, 0.1) is 4.91 Å². The van der Waals surface area contributed by atoms with Gasteiger partial charge in [0.05, 0.1) is 16.5 Å². The first-order valence-electron chi connectivity index (χ1n) is 7.54. The zero-order valence-electron chi connectivity index (χ0n) is 12.9. The summed E-state index contributed by atoms with van der Waals surface area (Å²) in [6.45, 7) is 2.45. The molecule has 0 saturated heterocycles. The van der Waals surface area contributed by atoms with E-state index in [0.717, 1.165) is 27.7 Å². The monoisotopic (exact) mass is 303 g/mol. The van der Waals surface area contributed by atoms with E-state index >= 15 is 0 Å². The number of benzene rings is 2. The first kappa shape index (κ1) is 14.9. The van der Waals surface area contributed by atoms with Gasteiger partial charge in [-0.05, 0) is 42.3 Å². The van der Waals surface area contributed by atoms with Crippen molar-refractivity contribution in [3.63, 3.8) is 0 Å². The van der Waals surface area contributed by atoms with Crippen LogP contribution >= 0.6 is 0 Å². The zero-order valence-corrected chi connectivity index (χ0v) is 12.9. The molecule has 4 heteroatoms.